The van der Waals surface area contributed by atoms with Gasteiger partial charge >= 0.3 is 35.0 Å². The van der Waals surface area contributed by atoms with Gasteiger partial charge in [0.15, 0.2) is 0 Å². The number of halogens is 2. The third kappa shape index (κ3) is 10.6. The predicted octanol–water partition coefficient (Wildman–Crippen LogP) is 1.56. The van der Waals surface area contributed by atoms with Gasteiger partial charge in [0.05, 0.1) is 0 Å². The molecule has 0 aliphatic rings. The van der Waals surface area contributed by atoms with Gasteiger partial charge in [-0.15, -0.1) is 0 Å². The van der Waals surface area contributed by atoms with Gasteiger partial charge in [0, 0.05) is 0 Å². The molecule has 0 rings (SSSR count). The van der Waals surface area contributed by atoms with E-state index in [1.807, 2.05) is 0 Å². The molecule has 4 heavy (non-hydrogen) atoms. The molecule has 0 aromatic carbocycles. The fourth-order valence-electron chi connectivity index (χ4n) is 0. The van der Waals surface area contributed by atoms with Gasteiger partial charge in [-0.3, -0.25) is 0 Å². The molecule has 0 radical (unpaired) electrons. The second kappa shape index (κ2) is 8.87. The Morgan fingerprint density at radius 1 is 1.25 bits per heavy atom. The standard InChI is InChI=1S/CH3.2ClH.Pd.H/h1H3;2*1H;;/q-1;;;+2;/p-2. The monoisotopic (exact) mass is 192 g/mol. The first kappa shape index (κ1) is 8.97. The molecule has 0 aliphatic heterocycles. The van der Waals surface area contributed by atoms with Gasteiger partial charge in [-0.05, 0) is 0 Å². The van der Waals surface area contributed by atoms with Crippen LogP contribution < -0.4 is 0 Å². The van der Waals surface area contributed by atoms with Crippen molar-refractivity contribution in [2.45, 2.75) is 0 Å². The summed E-state index contributed by atoms with van der Waals surface area (Å²) >= 11 is -0.226. The molecule has 0 aromatic rings. The van der Waals surface area contributed by atoms with E-state index in [-0.39, 0.29) is 23.4 Å². The van der Waals surface area contributed by atoms with Gasteiger partial charge in [-0.1, -0.05) is 0 Å². The summed E-state index contributed by atoms with van der Waals surface area (Å²) in [7, 11) is 9.67. The van der Waals surface area contributed by atoms with Crippen LogP contribution in [0.4, 0.5) is 0 Å². The molecule has 0 N–H and O–H groups in total. The molecule has 3 heteroatoms. The van der Waals surface area contributed by atoms with E-state index in [0.29, 0.717) is 0 Å². The molecule has 0 amide bonds. The Balaban J connectivity index is 0. The number of hydrogen-bond donors (Lipinski definition) is 0. The van der Waals surface area contributed by atoms with Crippen molar-refractivity contribution in [1.29, 1.82) is 0 Å². The predicted molar refractivity (Wildman–Crippen MR) is 19.5 cm³/mol. The maximum atomic E-state index is 4.83. The molecular formula is CH4Cl2Pd-. The Hall–Kier alpha value is 1.24. The second-order valence-electron chi connectivity index (χ2n) is 0.0476. The normalized spacial score (nSPS) is 5.50. The zero-order valence-electron chi connectivity index (χ0n) is 2.09. The van der Waals surface area contributed by atoms with Crippen molar-refractivity contribution in [3.63, 3.8) is 0 Å². The molecule has 0 bridgehead atoms. The van der Waals surface area contributed by atoms with Crippen LogP contribution >= 0.6 is 19.1 Å². The van der Waals surface area contributed by atoms with Crippen LogP contribution in [-0.4, -0.2) is 0 Å². The molecule has 0 heterocycles. The van der Waals surface area contributed by atoms with E-state index in [4.69, 9.17) is 19.1 Å². The molecule has 0 atom stereocenters. The fraction of sp³-hybridized carbons (Fsp3) is 0. The molecular weight excluding hydrogens is 189 g/mol. The van der Waals surface area contributed by atoms with Crippen molar-refractivity contribution in [1.82, 2.24) is 0 Å². The van der Waals surface area contributed by atoms with Crippen molar-refractivity contribution >= 4 is 19.1 Å². The Morgan fingerprint density at radius 3 is 1.25 bits per heavy atom. The van der Waals surface area contributed by atoms with Crippen LogP contribution in [0.15, 0.2) is 0 Å². The molecule has 0 fully saturated rings. The average molecular weight is 193 g/mol. The van der Waals surface area contributed by atoms with Crippen molar-refractivity contribution in [2.75, 3.05) is 0 Å². The first-order valence-electron chi connectivity index (χ1n) is 0.252. The van der Waals surface area contributed by atoms with E-state index >= 15 is 0 Å². The maximum absolute atomic E-state index is 4.83. The zero-order valence-corrected chi connectivity index (χ0v) is 5.24. The SMILES string of the molecule is [CH3-].[Cl][PdH][Cl]. The third-order valence-electron chi connectivity index (χ3n) is 0. The van der Waals surface area contributed by atoms with Crippen LogP contribution in [-0.2, 0) is 15.9 Å². The topological polar surface area (TPSA) is 0 Å². The minimum atomic E-state index is -0.226. The Morgan fingerprint density at radius 2 is 1.25 bits per heavy atom. The van der Waals surface area contributed by atoms with Crippen molar-refractivity contribution in [3.05, 3.63) is 7.43 Å². The summed E-state index contributed by atoms with van der Waals surface area (Å²) < 4.78 is 0. The Kier molecular flexibility index (Phi) is 19.9. The van der Waals surface area contributed by atoms with Crippen molar-refractivity contribution in [2.24, 2.45) is 0 Å². The summed E-state index contributed by atoms with van der Waals surface area (Å²) in [5.74, 6) is 0. The van der Waals surface area contributed by atoms with Gasteiger partial charge in [0.1, 0.15) is 0 Å². The molecule has 0 saturated carbocycles. The van der Waals surface area contributed by atoms with Gasteiger partial charge < -0.3 is 7.43 Å². The van der Waals surface area contributed by atoms with E-state index in [9.17, 15) is 0 Å². The summed E-state index contributed by atoms with van der Waals surface area (Å²) in [5.41, 5.74) is 0. The molecule has 0 saturated heterocycles. The van der Waals surface area contributed by atoms with Crippen LogP contribution in [0.3, 0.4) is 0 Å². The van der Waals surface area contributed by atoms with E-state index in [1.54, 1.807) is 0 Å². The number of rotatable bonds is 0. The van der Waals surface area contributed by atoms with Gasteiger partial charge in [0.2, 0.25) is 0 Å². The summed E-state index contributed by atoms with van der Waals surface area (Å²) in [4.78, 5) is 0. The van der Waals surface area contributed by atoms with Gasteiger partial charge in [-0.25, -0.2) is 0 Å². The molecule has 0 spiro atoms. The van der Waals surface area contributed by atoms with Gasteiger partial charge in [-0.2, -0.15) is 0 Å². The van der Waals surface area contributed by atoms with E-state index in [2.05, 4.69) is 0 Å². The van der Waals surface area contributed by atoms with Crippen LogP contribution in [0.2, 0.25) is 0 Å². The molecule has 33 valence electrons. The first-order valence-corrected chi connectivity index (χ1v) is 4.47. The quantitative estimate of drug-likeness (QED) is 0.404. The summed E-state index contributed by atoms with van der Waals surface area (Å²) in [6.45, 7) is 0. The summed E-state index contributed by atoms with van der Waals surface area (Å²) in [6.07, 6.45) is 0. The zero-order chi connectivity index (χ0) is 2.71. The van der Waals surface area contributed by atoms with Crippen LogP contribution in [0.5, 0.6) is 0 Å². The molecule has 0 nitrogen and oxygen atoms in total. The molecule has 0 aromatic heterocycles. The third-order valence-corrected chi connectivity index (χ3v) is 0. The first-order chi connectivity index (χ1) is 1.41. The molecule has 0 aliphatic carbocycles. The summed E-state index contributed by atoms with van der Waals surface area (Å²) in [6, 6.07) is 0. The van der Waals surface area contributed by atoms with E-state index in [1.165, 1.54) is 0 Å². The van der Waals surface area contributed by atoms with Gasteiger partial charge in [0.25, 0.3) is 0 Å². The van der Waals surface area contributed by atoms with E-state index < -0.39 is 0 Å². The Bertz CT molecular complexity index is 6.00. The van der Waals surface area contributed by atoms with Crippen molar-refractivity contribution in [3.8, 4) is 0 Å². The van der Waals surface area contributed by atoms with Crippen LogP contribution in [0, 0.1) is 7.43 Å². The Labute approximate surface area is 42.6 Å². The van der Waals surface area contributed by atoms with Crippen molar-refractivity contribution < 1.29 is 15.9 Å². The van der Waals surface area contributed by atoms with Crippen LogP contribution in [0.1, 0.15) is 0 Å². The average Bonchev–Trinajstić information content (AvgIpc) is 0.918. The van der Waals surface area contributed by atoms with Crippen LogP contribution in [0.25, 0.3) is 0 Å². The number of hydrogen-bond acceptors (Lipinski definition) is 0. The fourth-order valence-corrected chi connectivity index (χ4v) is 0. The summed E-state index contributed by atoms with van der Waals surface area (Å²) in [5, 5.41) is 0. The minimum absolute atomic E-state index is 0. The van der Waals surface area contributed by atoms with E-state index in [0.717, 1.165) is 0 Å². The second-order valence-corrected chi connectivity index (χ2v) is 2.54. The molecule has 0 unspecified atom stereocenters.